The molecule has 5 rings (SSSR count). The van der Waals surface area contributed by atoms with Gasteiger partial charge in [-0.05, 0) is 23.7 Å². The molecular weight excluding hydrogens is 176 g/mol. The predicted octanol–water partition coefficient (Wildman–Crippen LogP) is 1.21. The van der Waals surface area contributed by atoms with Crippen LogP contribution in [0.2, 0.25) is 0 Å². The van der Waals surface area contributed by atoms with Crippen molar-refractivity contribution in [3.8, 4) is 0 Å². The van der Waals surface area contributed by atoms with Gasteiger partial charge in [-0.3, -0.25) is 9.59 Å². The molecule has 0 saturated heterocycles. The summed E-state index contributed by atoms with van der Waals surface area (Å²) in [6.45, 7) is 0. The van der Waals surface area contributed by atoms with Gasteiger partial charge in [-0.1, -0.05) is 12.2 Å². The lowest BCUT2D eigenvalue weighted by Crippen LogP contribution is -2.40. The van der Waals surface area contributed by atoms with Crippen LogP contribution in [0, 0.1) is 35.5 Å². The topological polar surface area (TPSA) is 34.1 Å². The maximum atomic E-state index is 11.8. The van der Waals surface area contributed by atoms with E-state index >= 15 is 0 Å². The summed E-state index contributed by atoms with van der Waals surface area (Å²) in [6.07, 6.45) is 5.95. The largest absolute Gasteiger partial charge is 0.299 e. The lowest BCUT2D eigenvalue weighted by Gasteiger charge is -2.41. The Labute approximate surface area is 82.4 Å². The van der Waals surface area contributed by atoms with E-state index in [0.717, 1.165) is 12.8 Å². The van der Waals surface area contributed by atoms with Crippen molar-refractivity contribution in [1.82, 2.24) is 0 Å². The van der Waals surface area contributed by atoms with Gasteiger partial charge in [-0.25, -0.2) is 0 Å². The summed E-state index contributed by atoms with van der Waals surface area (Å²) >= 11 is 0. The zero-order chi connectivity index (χ0) is 9.45. The third-order valence-corrected chi connectivity index (χ3v) is 4.93. The Balaban J connectivity index is 1.97. The van der Waals surface area contributed by atoms with Crippen LogP contribution in [-0.2, 0) is 9.59 Å². The average molecular weight is 188 g/mol. The van der Waals surface area contributed by atoms with Crippen molar-refractivity contribution in [2.75, 3.05) is 0 Å². The first-order valence-electron chi connectivity index (χ1n) is 5.51. The van der Waals surface area contributed by atoms with Gasteiger partial charge in [0.1, 0.15) is 11.6 Å². The Kier molecular flexibility index (Phi) is 1.07. The predicted molar refractivity (Wildman–Crippen MR) is 49.3 cm³/mol. The monoisotopic (exact) mass is 188 g/mol. The molecule has 0 amide bonds. The molecular formula is C12H12O2. The van der Waals surface area contributed by atoms with E-state index < -0.39 is 0 Å². The molecule has 0 heterocycles. The fourth-order valence-electron chi connectivity index (χ4n) is 4.51. The second kappa shape index (κ2) is 2.02. The van der Waals surface area contributed by atoms with Gasteiger partial charge in [0.15, 0.2) is 0 Å². The Morgan fingerprint density at radius 1 is 0.857 bits per heavy atom. The summed E-state index contributed by atoms with van der Waals surface area (Å²) in [7, 11) is 0. The molecule has 6 bridgehead atoms. The lowest BCUT2D eigenvalue weighted by molar-refractivity contribution is -0.130. The maximum Gasteiger partial charge on any atom is 0.137 e. The molecule has 3 fully saturated rings. The highest BCUT2D eigenvalue weighted by molar-refractivity contribution is 5.96. The van der Waals surface area contributed by atoms with E-state index in [4.69, 9.17) is 0 Å². The minimum atomic E-state index is 0.0845. The van der Waals surface area contributed by atoms with Gasteiger partial charge in [-0.2, -0.15) is 0 Å². The number of hydrogen-bond donors (Lipinski definition) is 0. The maximum absolute atomic E-state index is 11.8. The third kappa shape index (κ3) is 0.579. The van der Waals surface area contributed by atoms with Crippen LogP contribution in [0.5, 0.6) is 0 Å². The summed E-state index contributed by atoms with van der Waals surface area (Å²) < 4.78 is 0. The van der Waals surface area contributed by atoms with E-state index in [0.29, 0.717) is 35.2 Å². The summed E-state index contributed by atoms with van der Waals surface area (Å²) in [5.41, 5.74) is 0. The third-order valence-electron chi connectivity index (χ3n) is 4.93. The molecule has 14 heavy (non-hydrogen) atoms. The SMILES string of the molecule is O=C1C[C@@H]2[C@@H]3C=C[C@@H]4[C@@H]2CC(=O)[C@@H]4[C@H]13. The Bertz CT molecular complexity index is 346. The van der Waals surface area contributed by atoms with Crippen molar-refractivity contribution in [3.05, 3.63) is 12.2 Å². The van der Waals surface area contributed by atoms with Gasteiger partial charge in [0.05, 0.1) is 0 Å². The number of hydrogen-bond acceptors (Lipinski definition) is 2. The van der Waals surface area contributed by atoms with Crippen LogP contribution in [0.3, 0.4) is 0 Å². The second-order valence-corrected chi connectivity index (χ2v) is 5.26. The second-order valence-electron chi connectivity index (χ2n) is 5.26. The van der Waals surface area contributed by atoms with Crippen molar-refractivity contribution >= 4 is 11.6 Å². The summed E-state index contributed by atoms with van der Waals surface area (Å²) in [5, 5.41) is 0. The van der Waals surface area contributed by atoms with Crippen molar-refractivity contribution < 1.29 is 9.59 Å². The van der Waals surface area contributed by atoms with Crippen LogP contribution in [0.25, 0.3) is 0 Å². The first-order valence-corrected chi connectivity index (χ1v) is 5.51. The molecule has 6 atom stereocenters. The van der Waals surface area contributed by atoms with Crippen molar-refractivity contribution in [2.45, 2.75) is 12.8 Å². The minimum Gasteiger partial charge on any atom is -0.299 e. The van der Waals surface area contributed by atoms with Crippen LogP contribution in [-0.4, -0.2) is 11.6 Å². The molecule has 0 aromatic rings. The Hall–Kier alpha value is -0.920. The molecule has 72 valence electrons. The average Bonchev–Trinajstić information content (AvgIpc) is 2.61. The van der Waals surface area contributed by atoms with E-state index in [1.54, 1.807) is 0 Å². The van der Waals surface area contributed by atoms with E-state index in [1.165, 1.54) is 0 Å². The van der Waals surface area contributed by atoms with Crippen LogP contribution in [0.1, 0.15) is 12.8 Å². The number of allylic oxidation sites excluding steroid dienone is 2. The first kappa shape index (κ1) is 7.38. The molecule has 0 aliphatic heterocycles. The van der Waals surface area contributed by atoms with Crippen LogP contribution >= 0.6 is 0 Å². The van der Waals surface area contributed by atoms with Gasteiger partial charge >= 0.3 is 0 Å². The standard InChI is InChI=1S/C12H12O2/c13-9-3-7-5-1-2-6-8(7)4-10(14)12(6)11(5)9/h1-2,5-8,11-12H,3-4H2/t5-,6+,7+,8-,11-,12+. The van der Waals surface area contributed by atoms with Crippen molar-refractivity contribution in [3.63, 3.8) is 0 Å². The summed E-state index contributed by atoms with van der Waals surface area (Å²) in [6, 6.07) is 0. The molecule has 0 aromatic carbocycles. The zero-order valence-electron chi connectivity index (χ0n) is 7.85. The number of Topliss-reactive ketones (excluding diaryl/α,β-unsaturated/α-hetero) is 2. The minimum absolute atomic E-state index is 0.0845. The molecule has 0 unspecified atom stereocenters. The smallest absolute Gasteiger partial charge is 0.137 e. The zero-order valence-corrected chi connectivity index (χ0v) is 7.85. The van der Waals surface area contributed by atoms with Crippen LogP contribution in [0.15, 0.2) is 12.2 Å². The quantitative estimate of drug-likeness (QED) is 0.535. The number of carbonyl (C=O) groups is 2. The van der Waals surface area contributed by atoms with Gasteiger partial charge < -0.3 is 0 Å². The fraction of sp³-hybridized carbons (Fsp3) is 0.667. The highest BCUT2D eigenvalue weighted by Crippen LogP contribution is 2.62. The first-order chi connectivity index (χ1) is 6.77. The molecule has 0 radical (unpaired) electrons. The molecule has 5 aliphatic rings. The summed E-state index contributed by atoms with van der Waals surface area (Å²) in [5.74, 6) is 2.80. The Morgan fingerprint density at radius 2 is 1.29 bits per heavy atom. The van der Waals surface area contributed by atoms with Crippen molar-refractivity contribution in [2.24, 2.45) is 35.5 Å². The fourth-order valence-corrected chi connectivity index (χ4v) is 4.51. The van der Waals surface area contributed by atoms with E-state index in [2.05, 4.69) is 12.2 Å². The highest BCUT2D eigenvalue weighted by atomic mass is 16.1. The number of carbonyl (C=O) groups excluding carboxylic acids is 2. The van der Waals surface area contributed by atoms with E-state index in [-0.39, 0.29) is 11.8 Å². The van der Waals surface area contributed by atoms with E-state index in [1.807, 2.05) is 0 Å². The number of ketones is 2. The van der Waals surface area contributed by atoms with Gasteiger partial charge in [-0.15, -0.1) is 0 Å². The van der Waals surface area contributed by atoms with E-state index in [9.17, 15) is 9.59 Å². The molecule has 2 nitrogen and oxygen atoms in total. The van der Waals surface area contributed by atoms with Crippen LogP contribution < -0.4 is 0 Å². The molecule has 2 heteroatoms. The normalized spacial score (nSPS) is 57.4. The highest BCUT2D eigenvalue weighted by Gasteiger charge is 2.64. The number of rotatable bonds is 0. The van der Waals surface area contributed by atoms with Gasteiger partial charge in [0, 0.05) is 24.7 Å². The molecule has 5 aliphatic carbocycles. The Morgan fingerprint density at radius 3 is 1.71 bits per heavy atom. The molecule has 0 spiro atoms. The molecule has 3 saturated carbocycles. The summed E-state index contributed by atoms with van der Waals surface area (Å²) in [4.78, 5) is 23.6. The molecule has 0 N–H and O–H groups in total. The van der Waals surface area contributed by atoms with Gasteiger partial charge in [0.25, 0.3) is 0 Å². The van der Waals surface area contributed by atoms with Crippen LogP contribution in [0.4, 0.5) is 0 Å². The van der Waals surface area contributed by atoms with Gasteiger partial charge in [0.2, 0.25) is 0 Å². The molecule has 0 aromatic heterocycles. The van der Waals surface area contributed by atoms with Crippen molar-refractivity contribution in [1.29, 1.82) is 0 Å². The lowest BCUT2D eigenvalue weighted by atomic mass is 9.61.